The maximum atomic E-state index is 12.5. The van der Waals surface area contributed by atoms with E-state index in [9.17, 15) is 4.79 Å². The van der Waals surface area contributed by atoms with Gasteiger partial charge in [-0.25, -0.2) is 0 Å². The lowest BCUT2D eigenvalue weighted by atomic mass is 10.0. The number of aryl methyl sites for hydroxylation is 1. The summed E-state index contributed by atoms with van der Waals surface area (Å²) < 4.78 is 11.4. The first-order valence-electron chi connectivity index (χ1n) is 10.3. The van der Waals surface area contributed by atoms with E-state index in [-0.39, 0.29) is 5.78 Å². The first kappa shape index (κ1) is 20.9. The van der Waals surface area contributed by atoms with Gasteiger partial charge in [0.1, 0.15) is 12.4 Å². The summed E-state index contributed by atoms with van der Waals surface area (Å²) in [7, 11) is 0. The van der Waals surface area contributed by atoms with Crippen molar-refractivity contribution in [3.63, 3.8) is 0 Å². The van der Waals surface area contributed by atoms with E-state index in [2.05, 4.69) is 18.7 Å². The van der Waals surface area contributed by atoms with Gasteiger partial charge in [-0.1, -0.05) is 26.7 Å². The lowest BCUT2D eigenvalue weighted by Gasteiger charge is -2.26. The van der Waals surface area contributed by atoms with Crippen LogP contribution in [-0.2, 0) is 11.2 Å². The summed E-state index contributed by atoms with van der Waals surface area (Å²) in [5.41, 5.74) is 1.91. The molecule has 0 radical (unpaired) electrons. The van der Waals surface area contributed by atoms with E-state index in [1.54, 1.807) is 0 Å². The summed E-state index contributed by atoms with van der Waals surface area (Å²) in [5, 5.41) is 0. The van der Waals surface area contributed by atoms with Crippen LogP contribution in [0.1, 0.15) is 68.3 Å². The zero-order valence-corrected chi connectivity index (χ0v) is 16.6. The van der Waals surface area contributed by atoms with E-state index in [0.29, 0.717) is 19.6 Å². The fourth-order valence-corrected chi connectivity index (χ4v) is 3.32. The van der Waals surface area contributed by atoms with Crippen molar-refractivity contribution in [1.29, 1.82) is 0 Å². The maximum Gasteiger partial charge on any atom is 0.164 e. The van der Waals surface area contributed by atoms with E-state index < -0.39 is 0 Å². The van der Waals surface area contributed by atoms with Crippen molar-refractivity contribution in [2.24, 2.45) is 0 Å². The third kappa shape index (κ3) is 7.08. The van der Waals surface area contributed by atoms with Gasteiger partial charge in [-0.3, -0.25) is 4.79 Å². The van der Waals surface area contributed by atoms with Gasteiger partial charge in [0.25, 0.3) is 0 Å². The van der Waals surface area contributed by atoms with E-state index in [1.807, 2.05) is 18.2 Å². The van der Waals surface area contributed by atoms with Crippen molar-refractivity contribution in [3.8, 4) is 5.75 Å². The predicted octanol–water partition coefficient (Wildman–Crippen LogP) is 4.50. The second kappa shape index (κ2) is 12.1. The van der Waals surface area contributed by atoms with Crippen molar-refractivity contribution in [1.82, 2.24) is 4.90 Å². The van der Waals surface area contributed by atoms with Crippen LogP contribution in [0, 0.1) is 0 Å². The predicted molar refractivity (Wildman–Crippen MR) is 106 cm³/mol. The Bertz CT molecular complexity index is 538. The molecule has 1 aliphatic rings. The van der Waals surface area contributed by atoms with Crippen LogP contribution in [-0.4, -0.2) is 50.1 Å². The molecule has 1 aliphatic heterocycles. The van der Waals surface area contributed by atoms with Crippen LogP contribution < -0.4 is 4.74 Å². The van der Waals surface area contributed by atoms with Crippen molar-refractivity contribution in [3.05, 3.63) is 29.3 Å². The summed E-state index contributed by atoms with van der Waals surface area (Å²) in [6.07, 6.45) is 7.57. The second-order valence-electron chi connectivity index (χ2n) is 7.07. The molecule has 0 spiro atoms. The molecule has 4 nitrogen and oxygen atoms in total. The van der Waals surface area contributed by atoms with E-state index in [0.717, 1.165) is 62.4 Å². The van der Waals surface area contributed by atoms with Crippen LogP contribution in [0.2, 0.25) is 0 Å². The van der Waals surface area contributed by atoms with Crippen LogP contribution in [0.4, 0.5) is 0 Å². The summed E-state index contributed by atoms with van der Waals surface area (Å²) in [5.74, 6) is 1.11. The average molecular weight is 362 g/mol. The molecule has 0 atom stereocenters. The Morgan fingerprint density at radius 1 is 1.08 bits per heavy atom. The molecule has 1 aromatic carbocycles. The lowest BCUT2D eigenvalue weighted by molar-refractivity contribution is 0.0955. The van der Waals surface area contributed by atoms with Gasteiger partial charge in [0.2, 0.25) is 0 Å². The summed E-state index contributed by atoms with van der Waals surface area (Å²) in [6, 6.07) is 5.86. The standard InChI is InChI=1S/C22H35NO3/c1-3-5-15-25-16-17-26-22-10-9-20(18-19(22)4-2)21(24)11-14-23-12-7-6-8-13-23/h9-10,18H,3-8,11-17H2,1-2H3. The lowest BCUT2D eigenvalue weighted by Crippen LogP contribution is -2.31. The second-order valence-corrected chi connectivity index (χ2v) is 7.07. The molecule has 1 heterocycles. The Hall–Kier alpha value is -1.39. The molecule has 1 aromatic rings. The third-order valence-electron chi connectivity index (χ3n) is 4.99. The molecule has 2 rings (SSSR count). The first-order valence-corrected chi connectivity index (χ1v) is 10.3. The van der Waals surface area contributed by atoms with Crippen molar-refractivity contribution < 1.29 is 14.3 Å². The number of likely N-dealkylation sites (tertiary alicyclic amines) is 1. The Morgan fingerprint density at radius 3 is 2.62 bits per heavy atom. The number of carbonyl (C=O) groups excluding carboxylic acids is 1. The highest BCUT2D eigenvalue weighted by molar-refractivity contribution is 5.96. The number of benzene rings is 1. The Labute approximate surface area is 158 Å². The molecule has 4 heteroatoms. The van der Waals surface area contributed by atoms with Gasteiger partial charge < -0.3 is 14.4 Å². The Kier molecular flexibility index (Phi) is 9.72. The monoisotopic (exact) mass is 361 g/mol. The minimum Gasteiger partial charge on any atom is -0.491 e. The number of ether oxygens (including phenoxy) is 2. The van der Waals surface area contributed by atoms with Gasteiger partial charge in [-0.15, -0.1) is 0 Å². The third-order valence-corrected chi connectivity index (χ3v) is 4.99. The molecule has 0 aromatic heterocycles. The molecule has 0 aliphatic carbocycles. The molecule has 0 amide bonds. The molecular formula is C22H35NO3. The number of rotatable bonds is 12. The highest BCUT2D eigenvalue weighted by Gasteiger charge is 2.14. The van der Waals surface area contributed by atoms with Crippen molar-refractivity contribution >= 4 is 5.78 Å². The van der Waals surface area contributed by atoms with Crippen molar-refractivity contribution in [2.45, 2.75) is 58.8 Å². The SMILES string of the molecule is CCCCOCCOc1ccc(C(=O)CCN2CCCCC2)cc1CC. The highest BCUT2D eigenvalue weighted by atomic mass is 16.5. The van der Waals surface area contributed by atoms with Gasteiger partial charge in [0, 0.05) is 25.1 Å². The Morgan fingerprint density at radius 2 is 1.88 bits per heavy atom. The highest BCUT2D eigenvalue weighted by Crippen LogP contribution is 2.22. The molecule has 0 bridgehead atoms. The largest absolute Gasteiger partial charge is 0.491 e. The smallest absolute Gasteiger partial charge is 0.164 e. The minimum atomic E-state index is 0.236. The molecule has 1 fully saturated rings. The number of hydrogen-bond acceptors (Lipinski definition) is 4. The molecule has 0 saturated carbocycles. The summed E-state index contributed by atoms with van der Waals surface area (Å²) in [4.78, 5) is 15.0. The van der Waals surface area contributed by atoms with Gasteiger partial charge >= 0.3 is 0 Å². The molecule has 0 unspecified atom stereocenters. The van der Waals surface area contributed by atoms with E-state index >= 15 is 0 Å². The number of hydrogen-bond donors (Lipinski definition) is 0. The molecule has 1 saturated heterocycles. The normalized spacial score (nSPS) is 15.2. The van der Waals surface area contributed by atoms with Gasteiger partial charge in [0.15, 0.2) is 5.78 Å². The fraction of sp³-hybridized carbons (Fsp3) is 0.682. The number of carbonyl (C=O) groups is 1. The van der Waals surface area contributed by atoms with E-state index in [1.165, 1.54) is 19.3 Å². The van der Waals surface area contributed by atoms with Crippen LogP contribution in [0.3, 0.4) is 0 Å². The molecule has 146 valence electrons. The Balaban J connectivity index is 1.81. The zero-order valence-electron chi connectivity index (χ0n) is 16.6. The van der Waals surface area contributed by atoms with Gasteiger partial charge in [0.05, 0.1) is 6.61 Å². The summed E-state index contributed by atoms with van der Waals surface area (Å²) in [6.45, 7) is 9.38. The first-order chi connectivity index (χ1) is 12.7. The van der Waals surface area contributed by atoms with Crippen LogP contribution in [0.5, 0.6) is 5.75 Å². The molecular weight excluding hydrogens is 326 g/mol. The maximum absolute atomic E-state index is 12.5. The van der Waals surface area contributed by atoms with Crippen LogP contribution >= 0.6 is 0 Å². The number of Topliss-reactive ketones (excluding diaryl/α,β-unsaturated/α-hetero) is 1. The topological polar surface area (TPSA) is 38.8 Å². The minimum absolute atomic E-state index is 0.236. The van der Waals surface area contributed by atoms with Crippen LogP contribution in [0.15, 0.2) is 18.2 Å². The number of unbranched alkanes of at least 4 members (excludes halogenated alkanes) is 1. The molecule has 0 N–H and O–H groups in total. The number of ketones is 1. The van der Waals surface area contributed by atoms with E-state index in [4.69, 9.17) is 9.47 Å². The number of piperidine rings is 1. The van der Waals surface area contributed by atoms with Crippen LogP contribution in [0.25, 0.3) is 0 Å². The zero-order chi connectivity index (χ0) is 18.6. The van der Waals surface area contributed by atoms with Gasteiger partial charge in [-0.05, 0) is 62.5 Å². The summed E-state index contributed by atoms with van der Waals surface area (Å²) >= 11 is 0. The fourth-order valence-electron chi connectivity index (χ4n) is 3.32. The van der Waals surface area contributed by atoms with Gasteiger partial charge in [-0.2, -0.15) is 0 Å². The molecule has 26 heavy (non-hydrogen) atoms. The quantitative estimate of drug-likeness (QED) is 0.406. The number of nitrogens with zero attached hydrogens (tertiary/aromatic N) is 1. The van der Waals surface area contributed by atoms with Crippen molar-refractivity contribution in [2.75, 3.05) is 39.5 Å². The average Bonchev–Trinajstić information content (AvgIpc) is 2.69.